The number of carboxylic acids is 1. The summed E-state index contributed by atoms with van der Waals surface area (Å²) in [4.78, 5) is 26.2. The van der Waals surface area contributed by atoms with Crippen molar-refractivity contribution in [3.63, 3.8) is 0 Å². The molecule has 0 aromatic heterocycles. The van der Waals surface area contributed by atoms with Crippen molar-refractivity contribution >= 4 is 11.9 Å². The van der Waals surface area contributed by atoms with Crippen LogP contribution >= 0.6 is 0 Å². The third-order valence-corrected chi connectivity index (χ3v) is 4.34. The second kappa shape index (κ2) is 6.92. The van der Waals surface area contributed by atoms with Gasteiger partial charge in [0.2, 0.25) is 5.91 Å². The van der Waals surface area contributed by atoms with E-state index in [9.17, 15) is 14.7 Å². The molecule has 2 atom stereocenters. The van der Waals surface area contributed by atoms with E-state index >= 15 is 0 Å². The minimum Gasteiger partial charge on any atom is -0.480 e. The smallest absolute Gasteiger partial charge is 0.329 e. The van der Waals surface area contributed by atoms with Crippen LogP contribution in [0.15, 0.2) is 30.3 Å². The Morgan fingerprint density at radius 1 is 1.27 bits per heavy atom. The first kappa shape index (κ1) is 16.5. The molecule has 1 amide bonds. The van der Waals surface area contributed by atoms with Crippen molar-refractivity contribution < 1.29 is 14.7 Å². The fraction of sp³-hybridized carbons (Fsp3) is 0.529. The van der Waals surface area contributed by atoms with Crippen LogP contribution in [-0.2, 0) is 16.0 Å². The molecule has 1 aromatic carbocycles. The summed E-state index contributed by atoms with van der Waals surface area (Å²) in [6, 6.07) is 9.07. The van der Waals surface area contributed by atoms with Crippen molar-refractivity contribution in [3.8, 4) is 0 Å². The minimum absolute atomic E-state index is 0.220. The van der Waals surface area contributed by atoms with E-state index in [2.05, 4.69) is 10.2 Å². The number of carboxylic acid groups (broad SMARTS) is 1. The molecule has 1 aliphatic heterocycles. The number of nitrogens with zero attached hydrogens (tertiary/aromatic N) is 1. The van der Waals surface area contributed by atoms with E-state index in [0.717, 1.165) is 31.5 Å². The maximum absolute atomic E-state index is 12.4. The van der Waals surface area contributed by atoms with E-state index in [1.165, 1.54) is 0 Å². The first-order chi connectivity index (χ1) is 10.4. The molecule has 2 unspecified atom stereocenters. The van der Waals surface area contributed by atoms with E-state index in [0.29, 0.717) is 0 Å². The number of aliphatic carboxylic acids is 1. The predicted octanol–water partition coefficient (Wildman–Crippen LogP) is 1.67. The van der Waals surface area contributed by atoms with Gasteiger partial charge in [-0.15, -0.1) is 0 Å². The maximum atomic E-state index is 12.4. The lowest BCUT2D eigenvalue weighted by atomic mass is 9.92. The number of carbonyl (C=O) groups excluding carboxylic acids is 1. The average Bonchev–Trinajstić information content (AvgIpc) is 3.01. The molecule has 1 aliphatic rings. The van der Waals surface area contributed by atoms with Crippen molar-refractivity contribution in [2.24, 2.45) is 0 Å². The monoisotopic (exact) mass is 304 g/mol. The molecule has 1 aromatic rings. The van der Waals surface area contributed by atoms with Crippen molar-refractivity contribution in [1.29, 1.82) is 0 Å². The van der Waals surface area contributed by atoms with Gasteiger partial charge in [0.15, 0.2) is 0 Å². The lowest BCUT2D eigenvalue weighted by Gasteiger charge is -2.30. The van der Waals surface area contributed by atoms with E-state index in [4.69, 9.17) is 0 Å². The Labute approximate surface area is 131 Å². The number of hydrogen-bond acceptors (Lipinski definition) is 3. The minimum atomic E-state index is -1.30. The molecule has 0 bridgehead atoms. The van der Waals surface area contributed by atoms with Gasteiger partial charge in [0.25, 0.3) is 0 Å². The summed E-state index contributed by atoms with van der Waals surface area (Å²) in [5.41, 5.74) is -0.409. The van der Waals surface area contributed by atoms with Gasteiger partial charge in [-0.2, -0.15) is 0 Å². The van der Waals surface area contributed by atoms with Crippen molar-refractivity contribution in [2.45, 2.75) is 44.7 Å². The average molecular weight is 304 g/mol. The Balaban J connectivity index is 2.07. The highest BCUT2D eigenvalue weighted by molar-refractivity contribution is 5.89. The van der Waals surface area contributed by atoms with Gasteiger partial charge in [-0.25, -0.2) is 4.79 Å². The number of amides is 1. The van der Waals surface area contributed by atoms with Crippen molar-refractivity contribution in [2.75, 3.05) is 13.1 Å². The SMILES string of the molecule is CC(C(=O)NC(C)(Cc1ccccc1)C(=O)O)N1CCCC1. The van der Waals surface area contributed by atoms with E-state index in [1.54, 1.807) is 6.92 Å². The second-order valence-corrected chi connectivity index (χ2v) is 6.21. The van der Waals surface area contributed by atoms with Crippen LogP contribution < -0.4 is 5.32 Å². The molecule has 0 spiro atoms. The quantitative estimate of drug-likeness (QED) is 0.839. The second-order valence-electron chi connectivity index (χ2n) is 6.21. The molecule has 1 heterocycles. The van der Waals surface area contributed by atoms with Crippen LogP contribution in [0.2, 0.25) is 0 Å². The third kappa shape index (κ3) is 3.85. The summed E-state index contributed by atoms with van der Waals surface area (Å²) in [6.45, 7) is 5.20. The van der Waals surface area contributed by atoms with Crippen LogP contribution in [0.5, 0.6) is 0 Å². The van der Waals surface area contributed by atoms with Crippen LogP contribution in [0, 0.1) is 0 Å². The Hall–Kier alpha value is -1.88. The summed E-state index contributed by atoms with van der Waals surface area (Å²) in [5, 5.41) is 12.3. The summed E-state index contributed by atoms with van der Waals surface area (Å²) >= 11 is 0. The topological polar surface area (TPSA) is 69.6 Å². The van der Waals surface area contributed by atoms with E-state index in [-0.39, 0.29) is 18.4 Å². The van der Waals surface area contributed by atoms with Gasteiger partial charge in [0, 0.05) is 6.42 Å². The molecule has 5 heteroatoms. The van der Waals surface area contributed by atoms with Crippen molar-refractivity contribution in [1.82, 2.24) is 10.2 Å². The number of benzene rings is 1. The van der Waals surface area contributed by atoms with Gasteiger partial charge < -0.3 is 10.4 Å². The molecule has 0 saturated carbocycles. The van der Waals surface area contributed by atoms with Gasteiger partial charge in [-0.3, -0.25) is 9.69 Å². The Kier molecular flexibility index (Phi) is 5.19. The van der Waals surface area contributed by atoms with Crippen LogP contribution in [0.25, 0.3) is 0 Å². The standard InChI is InChI=1S/C17H24N2O3/c1-13(19-10-6-7-11-19)15(20)18-17(2,16(21)22)12-14-8-4-3-5-9-14/h3-5,8-9,13H,6-7,10-12H2,1-2H3,(H,18,20)(H,21,22). The summed E-state index contributed by atoms with van der Waals surface area (Å²) in [5.74, 6) is -1.24. The largest absolute Gasteiger partial charge is 0.480 e. The molecule has 1 fully saturated rings. The molecule has 22 heavy (non-hydrogen) atoms. The molecular formula is C17H24N2O3. The van der Waals surface area contributed by atoms with Crippen LogP contribution in [-0.4, -0.2) is 46.6 Å². The summed E-state index contributed by atoms with van der Waals surface area (Å²) in [6.07, 6.45) is 2.46. The molecule has 2 N–H and O–H groups in total. The summed E-state index contributed by atoms with van der Waals surface area (Å²) < 4.78 is 0. The number of rotatable bonds is 6. The Morgan fingerprint density at radius 3 is 2.41 bits per heavy atom. The number of likely N-dealkylation sites (tertiary alicyclic amines) is 1. The Morgan fingerprint density at radius 2 is 1.86 bits per heavy atom. The zero-order valence-electron chi connectivity index (χ0n) is 13.2. The fourth-order valence-electron chi connectivity index (χ4n) is 2.85. The van der Waals surface area contributed by atoms with Crippen molar-refractivity contribution in [3.05, 3.63) is 35.9 Å². The van der Waals surface area contributed by atoms with E-state index in [1.807, 2.05) is 37.3 Å². The van der Waals surface area contributed by atoms with Crippen LogP contribution in [0.4, 0.5) is 0 Å². The van der Waals surface area contributed by atoms with E-state index < -0.39 is 11.5 Å². The highest BCUT2D eigenvalue weighted by Gasteiger charge is 2.37. The fourth-order valence-corrected chi connectivity index (χ4v) is 2.85. The maximum Gasteiger partial charge on any atom is 0.329 e. The number of carbonyl (C=O) groups is 2. The molecule has 2 rings (SSSR count). The lowest BCUT2D eigenvalue weighted by Crippen LogP contribution is -2.58. The molecule has 5 nitrogen and oxygen atoms in total. The molecule has 0 radical (unpaired) electrons. The zero-order valence-corrected chi connectivity index (χ0v) is 13.2. The van der Waals surface area contributed by atoms with Gasteiger partial charge in [0.1, 0.15) is 5.54 Å². The molecule has 0 aliphatic carbocycles. The molecule has 1 saturated heterocycles. The number of nitrogens with one attached hydrogen (secondary N) is 1. The molecular weight excluding hydrogens is 280 g/mol. The normalized spacial score (nSPS) is 19.4. The highest BCUT2D eigenvalue weighted by Crippen LogP contribution is 2.16. The van der Waals surface area contributed by atoms with Crippen LogP contribution in [0.3, 0.4) is 0 Å². The zero-order chi connectivity index (χ0) is 16.2. The first-order valence-corrected chi connectivity index (χ1v) is 7.76. The van der Waals surface area contributed by atoms with Gasteiger partial charge in [-0.1, -0.05) is 30.3 Å². The van der Waals surface area contributed by atoms with Gasteiger partial charge in [0.05, 0.1) is 6.04 Å². The lowest BCUT2D eigenvalue weighted by molar-refractivity contribution is -0.147. The van der Waals surface area contributed by atoms with Gasteiger partial charge >= 0.3 is 5.97 Å². The van der Waals surface area contributed by atoms with Crippen LogP contribution in [0.1, 0.15) is 32.3 Å². The van der Waals surface area contributed by atoms with Gasteiger partial charge in [-0.05, 0) is 45.3 Å². The highest BCUT2D eigenvalue weighted by atomic mass is 16.4. The third-order valence-electron chi connectivity index (χ3n) is 4.34. The molecule has 120 valence electrons. The summed E-state index contributed by atoms with van der Waals surface area (Å²) in [7, 11) is 0. The first-order valence-electron chi connectivity index (χ1n) is 7.76. The predicted molar refractivity (Wildman–Crippen MR) is 84.6 cm³/mol. The number of hydrogen-bond donors (Lipinski definition) is 2. The Bertz CT molecular complexity index is 526.